The summed E-state index contributed by atoms with van der Waals surface area (Å²) < 4.78 is 0.609. The van der Waals surface area contributed by atoms with Crippen LogP contribution in [0.5, 0.6) is 0 Å². The van der Waals surface area contributed by atoms with Crippen LogP contribution in [0.4, 0.5) is 0 Å². The van der Waals surface area contributed by atoms with Crippen LogP contribution in [-0.4, -0.2) is 10.7 Å². The molecule has 0 aromatic heterocycles. The van der Waals surface area contributed by atoms with E-state index in [1.165, 1.54) is 0 Å². The summed E-state index contributed by atoms with van der Waals surface area (Å²) in [5.41, 5.74) is 0. The second kappa shape index (κ2) is 3.40. The average molecular weight is 170 g/mol. The van der Waals surface area contributed by atoms with Crippen LogP contribution >= 0.6 is 22.6 Å². The lowest BCUT2D eigenvalue weighted by molar-refractivity contribution is -0.105. The van der Waals surface area contributed by atoms with Crippen LogP contribution in [0.3, 0.4) is 0 Å². The van der Waals surface area contributed by atoms with Gasteiger partial charge in [-0.3, -0.25) is 0 Å². The molecule has 0 radical (unpaired) electrons. The fourth-order valence-corrected chi connectivity index (χ4v) is 0. The highest BCUT2D eigenvalue weighted by Gasteiger charge is 1.55. The first-order valence-corrected chi connectivity index (χ1v) is 2.44. The highest BCUT2D eigenvalue weighted by Crippen LogP contribution is 1.67. The largest absolute Gasteiger partial charge is 0.303 e. The fourth-order valence-electron chi connectivity index (χ4n) is 0. The van der Waals surface area contributed by atoms with E-state index in [4.69, 9.17) is 4.79 Å². The molecule has 0 spiro atoms. The van der Waals surface area contributed by atoms with Crippen LogP contribution in [0.1, 0.15) is 0 Å². The van der Waals surface area contributed by atoms with Gasteiger partial charge in [0.15, 0.2) is 0 Å². The predicted molar refractivity (Wildman–Crippen MR) is 25.0 cm³/mol. The highest BCUT2D eigenvalue weighted by molar-refractivity contribution is 14.1. The Morgan fingerprint density at radius 2 is 2.25 bits per heavy atom. The summed E-state index contributed by atoms with van der Waals surface area (Å²) in [6.07, 6.45) is 0.862. The number of hydrogen-bond donors (Lipinski definition) is 0. The minimum atomic E-state index is 0.609. The van der Waals surface area contributed by atoms with Gasteiger partial charge < -0.3 is 4.79 Å². The summed E-state index contributed by atoms with van der Waals surface area (Å²) >= 11 is 1.98. The van der Waals surface area contributed by atoms with Crippen LogP contribution in [0.25, 0.3) is 0 Å². The number of carbonyl (C=O) groups excluding carboxylic acids is 1. The lowest BCUT2D eigenvalue weighted by atomic mass is 11.0. The Labute approximate surface area is 38.5 Å². The molecule has 4 heavy (non-hydrogen) atoms. The quantitative estimate of drug-likeness (QED) is 0.320. The van der Waals surface area contributed by atoms with E-state index >= 15 is 0 Å². The SMILES string of the molecule is O=CCI. The zero-order chi connectivity index (χ0) is 3.41. The Balaban J connectivity index is 2.30. The van der Waals surface area contributed by atoms with Crippen molar-refractivity contribution < 1.29 is 4.79 Å². The smallest absolute Gasteiger partial charge is 0.129 e. The molecule has 0 aliphatic carbocycles. The van der Waals surface area contributed by atoms with Gasteiger partial charge in [-0.25, -0.2) is 0 Å². The number of aldehydes is 1. The van der Waals surface area contributed by atoms with Gasteiger partial charge in [-0.05, 0) is 0 Å². The lowest BCUT2D eigenvalue weighted by Crippen LogP contribution is -1.61. The van der Waals surface area contributed by atoms with Gasteiger partial charge in [0, 0.05) is 0 Å². The molecule has 24 valence electrons. The van der Waals surface area contributed by atoms with Crippen LogP contribution in [-0.2, 0) is 4.79 Å². The summed E-state index contributed by atoms with van der Waals surface area (Å²) in [6, 6.07) is 0. The van der Waals surface area contributed by atoms with Gasteiger partial charge >= 0.3 is 0 Å². The Morgan fingerprint density at radius 1 is 2.00 bits per heavy atom. The molecular formula is C2H3IO. The Bertz CT molecular complexity index is 20.0. The maximum Gasteiger partial charge on any atom is 0.129 e. The second-order valence-corrected chi connectivity index (χ2v) is 1.20. The van der Waals surface area contributed by atoms with Crippen molar-refractivity contribution in [2.75, 3.05) is 4.43 Å². The molecular weight excluding hydrogens is 167 g/mol. The van der Waals surface area contributed by atoms with Crippen LogP contribution < -0.4 is 0 Å². The zero-order valence-electron chi connectivity index (χ0n) is 2.07. The molecule has 0 aliphatic heterocycles. The number of rotatable bonds is 1. The molecule has 0 rings (SSSR count). The van der Waals surface area contributed by atoms with Crippen LogP contribution in [0.2, 0.25) is 0 Å². The standard InChI is InChI=1S/C2H3IO/c3-1-2-4/h2H,1H2. The van der Waals surface area contributed by atoms with E-state index in [0.29, 0.717) is 4.43 Å². The summed E-state index contributed by atoms with van der Waals surface area (Å²) in [6.45, 7) is 0. The summed E-state index contributed by atoms with van der Waals surface area (Å²) in [5, 5.41) is 0. The van der Waals surface area contributed by atoms with Crippen molar-refractivity contribution >= 4 is 28.9 Å². The van der Waals surface area contributed by atoms with Crippen LogP contribution in [0.15, 0.2) is 0 Å². The molecule has 2 heteroatoms. The molecule has 0 heterocycles. The topological polar surface area (TPSA) is 17.1 Å². The van der Waals surface area contributed by atoms with Crippen molar-refractivity contribution in [3.63, 3.8) is 0 Å². The molecule has 0 saturated carbocycles. The zero-order valence-corrected chi connectivity index (χ0v) is 4.23. The van der Waals surface area contributed by atoms with Gasteiger partial charge in [0.05, 0.1) is 4.43 Å². The molecule has 0 fully saturated rings. The molecule has 0 aliphatic rings. The van der Waals surface area contributed by atoms with Crippen molar-refractivity contribution in [2.24, 2.45) is 0 Å². The highest BCUT2D eigenvalue weighted by atomic mass is 127. The van der Waals surface area contributed by atoms with Gasteiger partial charge in [-0.1, -0.05) is 22.6 Å². The molecule has 0 saturated heterocycles. The Morgan fingerprint density at radius 3 is 2.25 bits per heavy atom. The van der Waals surface area contributed by atoms with Crippen LogP contribution in [0, 0.1) is 0 Å². The monoisotopic (exact) mass is 170 g/mol. The molecule has 0 aromatic carbocycles. The first-order chi connectivity index (χ1) is 1.91. The molecule has 0 unspecified atom stereocenters. The van der Waals surface area contributed by atoms with E-state index in [1.807, 2.05) is 22.6 Å². The van der Waals surface area contributed by atoms with E-state index in [9.17, 15) is 0 Å². The summed E-state index contributed by atoms with van der Waals surface area (Å²) in [7, 11) is 0. The third kappa shape index (κ3) is 2.40. The number of carbonyl (C=O) groups is 1. The number of halogens is 1. The summed E-state index contributed by atoms with van der Waals surface area (Å²) in [4.78, 5) is 9.17. The van der Waals surface area contributed by atoms with Crippen molar-refractivity contribution in [2.45, 2.75) is 0 Å². The van der Waals surface area contributed by atoms with E-state index in [1.54, 1.807) is 0 Å². The average Bonchev–Trinajstić information content (AvgIpc) is 1.37. The third-order valence-corrected chi connectivity index (χ3v) is 0.423. The maximum absolute atomic E-state index is 9.17. The van der Waals surface area contributed by atoms with E-state index in [0.717, 1.165) is 6.29 Å². The molecule has 0 N–H and O–H groups in total. The van der Waals surface area contributed by atoms with Gasteiger partial charge in [0.1, 0.15) is 6.29 Å². The minimum Gasteiger partial charge on any atom is -0.303 e. The van der Waals surface area contributed by atoms with Gasteiger partial charge in [0.2, 0.25) is 0 Å². The third-order valence-electron chi connectivity index (χ3n) is 0.0630. The maximum atomic E-state index is 9.17. The van der Waals surface area contributed by atoms with E-state index < -0.39 is 0 Å². The minimum absolute atomic E-state index is 0.609. The van der Waals surface area contributed by atoms with Gasteiger partial charge in [-0.2, -0.15) is 0 Å². The lowest BCUT2D eigenvalue weighted by Gasteiger charge is -1.49. The number of hydrogen-bond acceptors (Lipinski definition) is 1. The molecule has 0 amide bonds. The normalized spacial score (nSPS) is 6.25. The first-order valence-electron chi connectivity index (χ1n) is 0.911. The first kappa shape index (κ1) is 4.40. The molecule has 0 atom stereocenters. The Hall–Kier alpha value is 0.400. The van der Waals surface area contributed by atoms with Crippen molar-refractivity contribution in [1.29, 1.82) is 0 Å². The van der Waals surface area contributed by atoms with Gasteiger partial charge in [0.25, 0.3) is 0 Å². The van der Waals surface area contributed by atoms with E-state index in [2.05, 4.69) is 0 Å². The number of alkyl halides is 1. The van der Waals surface area contributed by atoms with Crippen molar-refractivity contribution in [1.82, 2.24) is 0 Å². The fraction of sp³-hybridized carbons (Fsp3) is 0.500. The molecule has 0 aromatic rings. The summed E-state index contributed by atoms with van der Waals surface area (Å²) in [5.74, 6) is 0. The van der Waals surface area contributed by atoms with E-state index in [-0.39, 0.29) is 0 Å². The molecule has 0 bridgehead atoms. The Kier molecular flexibility index (Phi) is 3.74. The predicted octanol–water partition coefficient (Wildman–Crippen LogP) is 0.620. The second-order valence-electron chi connectivity index (χ2n) is 0.321. The van der Waals surface area contributed by atoms with Crippen molar-refractivity contribution in [3.8, 4) is 0 Å². The van der Waals surface area contributed by atoms with Gasteiger partial charge in [-0.15, -0.1) is 0 Å². The molecule has 1 nitrogen and oxygen atoms in total. The van der Waals surface area contributed by atoms with Crippen molar-refractivity contribution in [3.05, 3.63) is 0 Å².